The summed E-state index contributed by atoms with van der Waals surface area (Å²) in [4.78, 5) is 11.6. The molecule has 0 unspecified atom stereocenters. The van der Waals surface area contributed by atoms with E-state index in [-0.39, 0.29) is 5.97 Å². The lowest BCUT2D eigenvalue weighted by atomic mass is 10.1. The third-order valence-electron chi connectivity index (χ3n) is 2.90. The number of benzene rings is 1. The van der Waals surface area contributed by atoms with Crippen molar-refractivity contribution in [1.29, 1.82) is 0 Å². The molecular weight excluding hydrogens is 230 g/mol. The molecule has 4 heteroatoms. The molecule has 4 nitrogen and oxygen atoms in total. The minimum Gasteiger partial charge on any atom is -0.465 e. The number of carbonyl (C=O) groups excluding carboxylic acids is 1. The number of hydrogen-bond donors (Lipinski definition) is 0. The minimum atomic E-state index is -0.303. The lowest BCUT2D eigenvalue weighted by Gasteiger charge is -2.06. The highest BCUT2D eigenvalue weighted by molar-refractivity contribution is 6.03. The molecule has 0 bridgehead atoms. The lowest BCUT2D eigenvalue weighted by molar-refractivity contribution is 0.0603. The topological polar surface area (TPSA) is 40.5 Å². The van der Waals surface area contributed by atoms with Gasteiger partial charge in [-0.05, 0) is 25.1 Å². The summed E-state index contributed by atoms with van der Waals surface area (Å²) in [6.07, 6.45) is 1.97. The molecule has 1 aromatic heterocycles. The van der Waals surface area contributed by atoms with E-state index in [9.17, 15) is 4.79 Å². The van der Waals surface area contributed by atoms with Crippen LogP contribution in [0.5, 0.6) is 0 Å². The highest BCUT2D eigenvalue weighted by Crippen LogP contribution is 2.20. The summed E-state index contributed by atoms with van der Waals surface area (Å²) in [6, 6.07) is 7.58. The molecule has 96 valence electrons. The van der Waals surface area contributed by atoms with Crippen LogP contribution in [-0.2, 0) is 16.0 Å². The summed E-state index contributed by atoms with van der Waals surface area (Å²) in [5.41, 5.74) is 1.63. The molecule has 0 aliphatic carbocycles. The molecular formula is C14H17NO3. The molecule has 0 aliphatic rings. The predicted molar refractivity (Wildman–Crippen MR) is 69.8 cm³/mol. The van der Waals surface area contributed by atoms with Crippen LogP contribution in [-0.4, -0.2) is 30.9 Å². The van der Waals surface area contributed by atoms with E-state index in [1.165, 1.54) is 7.11 Å². The van der Waals surface area contributed by atoms with Crippen molar-refractivity contribution >= 4 is 16.9 Å². The molecule has 2 aromatic rings. The lowest BCUT2D eigenvalue weighted by Crippen LogP contribution is -2.05. The van der Waals surface area contributed by atoms with Gasteiger partial charge in [0.1, 0.15) is 0 Å². The van der Waals surface area contributed by atoms with Gasteiger partial charge in [-0.2, -0.15) is 0 Å². The number of hydrogen-bond acceptors (Lipinski definition) is 3. The number of methoxy groups -OCH3 is 1. The van der Waals surface area contributed by atoms with Crippen LogP contribution in [0.3, 0.4) is 0 Å². The maximum Gasteiger partial charge on any atom is 0.338 e. The first-order valence-corrected chi connectivity index (χ1v) is 6.02. The quantitative estimate of drug-likeness (QED) is 0.602. The number of esters is 1. The van der Waals surface area contributed by atoms with Gasteiger partial charge in [-0.1, -0.05) is 6.07 Å². The minimum absolute atomic E-state index is 0.303. The van der Waals surface area contributed by atoms with Crippen molar-refractivity contribution in [2.75, 3.05) is 20.3 Å². The fourth-order valence-electron chi connectivity index (χ4n) is 2.01. The molecule has 0 N–H and O–H groups in total. The number of carbonyl (C=O) groups is 1. The van der Waals surface area contributed by atoms with Crippen LogP contribution in [0.15, 0.2) is 30.5 Å². The SMILES string of the molecule is CCOCCn1ccc2c(C(=O)OC)cccc21. The van der Waals surface area contributed by atoms with Crippen molar-refractivity contribution in [2.45, 2.75) is 13.5 Å². The van der Waals surface area contributed by atoms with Crippen LogP contribution < -0.4 is 0 Å². The Morgan fingerprint density at radius 3 is 2.89 bits per heavy atom. The zero-order valence-electron chi connectivity index (χ0n) is 10.7. The van der Waals surface area contributed by atoms with E-state index >= 15 is 0 Å². The van der Waals surface area contributed by atoms with Crippen molar-refractivity contribution in [3.05, 3.63) is 36.0 Å². The van der Waals surface area contributed by atoms with Crippen LogP contribution in [0, 0.1) is 0 Å². The van der Waals surface area contributed by atoms with Crippen LogP contribution in [0.25, 0.3) is 10.9 Å². The maximum absolute atomic E-state index is 11.6. The van der Waals surface area contributed by atoms with Crippen LogP contribution >= 0.6 is 0 Å². The molecule has 0 saturated carbocycles. The van der Waals surface area contributed by atoms with E-state index < -0.39 is 0 Å². The number of ether oxygens (including phenoxy) is 2. The third-order valence-corrected chi connectivity index (χ3v) is 2.90. The molecule has 0 fully saturated rings. The molecule has 0 amide bonds. The van der Waals surface area contributed by atoms with Crippen LogP contribution in [0.4, 0.5) is 0 Å². The number of fused-ring (bicyclic) bond motifs is 1. The van der Waals surface area contributed by atoms with Gasteiger partial charge in [-0.3, -0.25) is 0 Å². The summed E-state index contributed by atoms with van der Waals surface area (Å²) in [6.45, 7) is 4.14. The third kappa shape index (κ3) is 2.38. The zero-order chi connectivity index (χ0) is 13.0. The average molecular weight is 247 g/mol. The van der Waals surface area contributed by atoms with E-state index in [4.69, 9.17) is 9.47 Å². The Morgan fingerprint density at radius 2 is 2.17 bits per heavy atom. The summed E-state index contributed by atoms with van der Waals surface area (Å²) < 4.78 is 12.2. The van der Waals surface area contributed by atoms with Gasteiger partial charge in [0.2, 0.25) is 0 Å². The van der Waals surface area contributed by atoms with E-state index in [1.54, 1.807) is 6.07 Å². The molecule has 0 atom stereocenters. The summed E-state index contributed by atoms with van der Waals surface area (Å²) >= 11 is 0. The molecule has 18 heavy (non-hydrogen) atoms. The smallest absolute Gasteiger partial charge is 0.338 e. The zero-order valence-corrected chi connectivity index (χ0v) is 10.7. The van der Waals surface area contributed by atoms with Crippen molar-refractivity contribution in [2.24, 2.45) is 0 Å². The fraction of sp³-hybridized carbons (Fsp3) is 0.357. The fourth-order valence-corrected chi connectivity index (χ4v) is 2.01. The standard InChI is InChI=1S/C14H17NO3/c1-3-18-10-9-15-8-7-11-12(14(16)17-2)5-4-6-13(11)15/h4-8H,3,9-10H2,1-2H3. The Balaban J connectivity index is 2.33. The molecule has 1 heterocycles. The van der Waals surface area contributed by atoms with E-state index in [2.05, 4.69) is 4.57 Å². The molecule has 0 spiro atoms. The van der Waals surface area contributed by atoms with Crippen LogP contribution in [0.1, 0.15) is 17.3 Å². The molecule has 0 radical (unpaired) electrons. The number of rotatable bonds is 5. The Bertz CT molecular complexity index is 545. The van der Waals surface area contributed by atoms with Gasteiger partial charge in [0.15, 0.2) is 0 Å². The second-order valence-corrected chi connectivity index (χ2v) is 3.94. The number of nitrogens with zero attached hydrogens (tertiary/aromatic N) is 1. The van der Waals surface area contributed by atoms with Gasteiger partial charge in [0.05, 0.1) is 19.3 Å². The van der Waals surface area contributed by atoms with Crippen molar-refractivity contribution in [1.82, 2.24) is 4.57 Å². The summed E-state index contributed by atoms with van der Waals surface area (Å²) in [5, 5.41) is 0.917. The molecule has 1 aromatic carbocycles. The highest BCUT2D eigenvalue weighted by Gasteiger charge is 2.11. The Kier molecular flexibility index (Phi) is 3.99. The van der Waals surface area contributed by atoms with E-state index in [0.717, 1.165) is 17.4 Å². The monoisotopic (exact) mass is 247 g/mol. The first kappa shape index (κ1) is 12.6. The molecule has 0 aliphatic heterocycles. The van der Waals surface area contributed by atoms with Gasteiger partial charge in [-0.25, -0.2) is 4.79 Å². The summed E-state index contributed by atoms with van der Waals surface area (Å²) in [7, 11) is 1.40. The maximum atomic E-state index is 11.6. The van der Waals surface area contributed by atoms with Gasteiger partial charge < -0.3 is 14.0 Å². The molecule has 0 saturated heterocycles. The highest BCUT2D eigenvalue weighted by atomic mass is 16.5. The normalized spacial score (nSPS) is 10.8. The Hall–Kier alpha value is -1.81. The van der Waals surface area contributed by atoms with E-state index in [1.807, 2.05) is 31.3 Å². The van der Waals surface area contributed by atoms with E-state index in [0.29, 0.717) is 18.8 Å². The summed E-state index contributed by atoms with van der Waals surface area (Å²) in [5.74, 6) is -0.303. The second kappa shape index (κ2) is 5.69. The first-order valence-electron chi connectivity index (χ1n) is 6.02. The van der Waals surface area contributed by atoms with Crippen molar-refractivity contribution in [3.63, 3.8) is 0 Å². The molecule has 2 rings (SSSR count). The van der Waals surface area contributed by atoms with Gasteiger partial charge in [0.25, 0.3) is 0 Å². The van der Waals surface area contributed by atoms with Gasteiger partial charge >= 0.3 is 5.97 Å². The van der Waals surface area contributed by atoms with Gasteiger partial charge in [0, 0.05) is 30.3 Å². The van der Waals surface area contributed by atoms with Crippen molar-refractivity contribution in [3.8, 4) is 0 Å². The predicted octanol–water partition coefficient (Wildman–Crippen LogP) is 2.46. The average Bonchev–Trinajstić information content (AvgIpc) is 2.81. The first-order chi connectivity index (χ1) is 8.77. The van der Waals surface area contributed by atoms with Crippen molar-refractivity contribution < 1.29 is 14.3 Å². The number of aromatic nitrogens is 1. The van der Waals surface area contributed by atoms with Gasteiger partial charge in [-0.15, -0.1) is 0 Å². The Labute approximate surface area is 106 Å². The second-order valence-electron chi connectivity index (χ2n) is 3.94. The Morgan fingerprint density at radius 1 is 1.33 bits per heavy atom. The van der Waals surface area contributed by atoms with Crippen LogP contribution in [0.2, 0.25) is 0 Å². The largest absolute Gasteiger partial charge is 0.465 e.